The molecule has 1 aliphatic heterocycles. The third-order valence-electron chi connectivity index (χ3n) is 3.39. The fourth-order valence-corrected chi connectivity index (χ4v) is 2.52. The van der Waals surface area contributed by atoms with Gasteiger partial charge in [0.2, 0.25) is 5.91 Å². The highest BCUT2D eigenvalue weighted by Gasteiger charge is 2.24. The predicted molar refractivity (Wildman–Crippen MR) is 76.9 cm³/mol. The van der Waals surface area contributed by atoms with Gasteiger partial charge in [0.1, 0.15) is 5.02 Å². The quantitative estimate of drug-likeness (QED) is 0.663. The summed E-state index contributed by atoms with van der Waals surface area (Å²) in [5.41, 5.74) is 0.291. The van der Waals surface area contributed by atoms with Crippen LogP contribution >= 0.6 is 11.6 Å². The van der Waals surface area contributed by atoms with Crippen LogP contribution in [0, 0.1) is 16.0 Å². The van der Waals surface area contributed by atoms with Crippen molar-refractivity contribution in [1.82, 2.24) is 5.32 Å². The molecule has 1 aromatic carbocycles. The fourth-order valence-electron chi connectivity index (χ4n) is 2.27. The summed E-state index contributed by atoms with van der Waals surface area (Å²) in [6.07, 6.45) is 1.85. The maximum absolute atomic E-state index is 12.1. The van der Waals surface area contributed by atoms with Crippen LogP contribution in [0.5, 0.6) is 0 Å². The number of carbonyl (C=O) groups excluding carboxylic acids is 1. The van der Waals surface area contributed by atoms with Gasteiger partial charge in [-0.3, -0.25) is 14.9 Å². The molecule has 6 nitrogen and oxygen atoms in total. The number of nitro benzene ring substituents is 1. The Balaban J connectivity index is 2.04. The Bertz CT molecular complexity index is 536. The van der Waals surface area contributed by atoms with Crippen molar-refractivity contribution in [3.63, 3.8) is 0 Å². The van der Waals surface area contributed by atoms with Crippen LogP contribution in [0.1, 0.15) is 19.8 Å². The second kappa shape index (κ2) is 6.19. The molecule has 0 bridgehead atoms. The number of nitrogens with zero attached hydrogens (tertiary/aromatic N) is 1. The van der Waals surface area contributed by atoms with Crippen LogP contribution in [0.25, 0.3) is 0 Å². The van der Waals surface area contributed by atoms with E-state index in [4.69, 9.17) is 11.6 Å². The van der Waals surface area contributed by atoms with Crippen LogP contribution in [0.3, 0.4) is 0 Å². The maximum Gasteiger partial charge on any atom is 0.288 e. The first kappa shape index (κ1) is 14.7. The highest BCUT2D eigenvalue weighted by molar-refractivity contribution is 6.33. The molecule has 20 heavy (non-hydrogen) atoms. The topological polar surface area (TPSA) is 84.3 Å². The summed E-state index contributed by atoms with van der Waals surface area (Å²) in [5, 5.41) is 16.6. The summed E-state index contributed by atoms with van der Waals surface area (Å²) in [5.74, 6) is 0.369. The zero-order valence-electron chi connectivity index (χ0n) is 11.1. The first-order valence-electron chi connectivity index (χ1n) is 6.45. The molecule has 0 spiro atoms. The van der Waals surface area contributed by atoms with Gasteiger partial charge in [0.25, 0.3) is 5.69 Å². The van der Waals surface area contributed by atoms with Gasteiger partial charge < -0.3 is 10.6 Å². The van der Waals surface area contributed by atoms with E-state index in [0.717, 1.165) is 19.4 Å². The molecular weight excluding hydrogens is 282 g/mol. The first-order chi connectivity index (χ1) is 9.47. The number of hydrogen-bond donors (Lipinski definition) is 2. The number of rotatable bonds is 3. The molecule has 2 atom stereocenters. The van der Waals surface area contributed by atoms with Gasteiger partial charge in [-0.2, -0.15) is 0 Å². The number of carbonyl (C=O) groups is 1. The summed E-state index contributed by atoms with van der Waals surface area (Å²) < 4.78 is 0. The van der Waals surface area contributed by atoms with Crippen LogP contribution in [-0.2, 0) is 4.79 Å². The van der Waals surface area contributed by atoms with Crippen molar-refractivity contribution in [2.24, 2.45) is 5.92 Å². The summed E-state index contributed by atoms with van der Waals surface area (Å²) in [4.78, 5) is 22.2. The van der Waals surface area contributed by atoms with Crippen molar-refractivity contribution in [2.75, 3.05) is 11.9 Å². The summed E-state index contributed by atoms with van der Waals surface area (Å²) in [6.45, 7) is 2.93. The van der Waals surface area contributed by atoms with Crippen LogP contribution in [0.15, 0.2) is 18.2 Å². The maximum atomic E-state index is 12.1. The molecule has 0 radical (unpaired) electrons. The number of amides is 1. The van der Waals surface area contributed by atoms with Crippen LogP contribution in [-0.4, -0.2) is 23.4 Å². The minimum absolute atomic E-state index is 0.0118. The number of nitro groups is 1. The van der Waals surface area contributed by atoms with Gasteiger partial charge in [-0.25, -0.2) is 0 Å². The van der Waals surface area contributed by atoms with Gasteiger partial charge in [0.15, 0.2) is 0 Å². The molecule has 0 aromatic heterocycles. The third kappa shape index (κ3) is 3.46. The summed E-state index contributed by atoms with van der Waals surface area (Å²) >= 11 is 5.81. The average Bonchev–Trinajstić information content (AvgIpc) is 2.38. The van der Waals surface area contributed by atoms with Gasteiger partial charge in [0.05, 0.1) is 11.0 Å². The Kier molecular flexibility index (Phi) is 4.57. The minimum atomic E-state index is -0.557. The molecule has 1 amide bonds. The molecule has 1 fully saturated rings. The van der Waals surface area contributed by atoms with E-state index in [0.29, 0.717) is 11.6 Å². The van der Waals surface area contributed by atoms with Crippen molar-refractivity contribution in [2.45, 2.75) is 25.8 Å². The molecule has 7 heteroatoms. The number of benzene rings is 1. The largest absolute Gasteiger partial charge is 0.325 e. The van der Waals surface area contributed by atoms with Crippen molar-refractivity contribution < 1.29 is 9.72 Å². The standard InChI is InChI=1S/C13H16ClN3O3/c1-8-4-5-15-11(6-8)13(18)16-9-2-3-12(17(19)20)10(14)7-9/h2-3,7-8,11,15H,4-6H2,1H3,(H,16,18). The highest BCUT2D eigenvalue weighted by Crippen LogP contribution is 2.27. The Morgan fingerprint density at radius 3 is 2.90 bits per heavy atom. The molecule has 2 unspecified atom stereocenters. The van der Waals surface area contributed by atoms with E-state index in [9.17, 15) is 14.9 Å². The molecule has 1 aliphatic rings. The van der Waals surface area contributed by atoms with Gasteiger partial charge in [-0.15, -0.1) is 0 Å². The lowest BCUT2D eigenvalue weighted by Gasteiger charge is -2.27. The molecule has 0 aliphatic carbocycles. The van der Waals surface area contributed by atoms with Crippen molar-refractivity contribution in [3.05, 3.63) is 33.3 Å². The Morgan fingerprint density at radius 2 is 2.30 bits per heavy atom. The Hall–Kier alpha value is -1.66. The molecule has 2 N–H and O–H groups in total. The molecule has 1 saturated heterocycles. The lowest BCUT2D eigenvalue weighted by molar-refractivity contribution is -0.384. The van der Waals surface area contributed by atoms with E-state index in [2.05, 4.69) is 17.6 Å². The number of halogens is 1. The molecule has 1 heterocycles. The molecule has 108 valence electrons. The number of anilines is 1. The van der Waals surface area contributed by atoms with E-state index < -0.39 is 4.92 Å². The monoisotopic (exact) mass is 297 g/mol. The zero-order valence-corrected chi connectivity index (χ0v) is 11.8. The molecule has 2 rings (SSSR count). The van der Waals surface area contributed by atoms with Crippen molar-refractivity contribution in [1.29, 1.82) is 0 Å². The first-order valence-corrected chi connectivity index (χ1v) is 6.83. The smallest absolute Gasteiger partial charge is 0.288 e. The van der Waals surface area contributed by atoms with E-state index in [1.165, 1.54) is 18.2 Å². The van der Waals surface area contributed by atoms with E-state index >= 15 is 0 Å². The molecular formula is C13H16ClN3O3. The number of piperidine rings is 1. The highest BCUT2D eigenvalue weighted by atomic mass is 35.5. The van der Waals surface area contributed by atoms with Gasteiger partial charge in [-0.1, -0.05) is 18.5 Å². The fraction of sp³-hybridized carbons (Fsp3) is 0.462. The van der Waals surface area contributed by atoms with Crippen molar-refractivity contribution >= 4 is 28.9 Å². The SMILES string of the molecule is CC1CCNC(C(=O)Nc2ccc([N+](=O)[O-])c(Cl)c2)C1. The Labute approximate surface area is 121 Å². The number of hydrogen-bond acceptors (Lipinski definition) is 4. The van der Waals surface area contributed by atoms with Crippen LogP contribution < -0.4 is 10.6 Å². The van der Waals surface area contributed by atoms with E-state index in [1.807, 2.05) is 0 Å². The van der Waals surface area contributed by atoms with Gasteiger partial charge in [-0.05, 0) is 37.4 Å². The van der Waals surface area contributed by atoms with Gasteiger partial charge in [0, 0.05) is 11.8 Å². The van der Waals surface area contributed by atoms with E-state index in [-0.39, 0.29) is 22.7 Å². The second-order valence-electron chi connectivity index (χ2n) is 5.05. The Morgan fingerprint density at radius 1 is 1.55 bits per heavy atom. The van der Waals surface area contributed by atoms with Crippen molar-refractivity contribution in [3.8, 4) is 0 Å². The van der Waals surface area contributed by atoms with E-state index in [1.54, 1.807) is 0 Å². The predicted octanol–water partition coefficient (Wildman–Crippen LogP) is 2.57. The normalized spacial score (nSPS) is 22.3. The summed E-state index contributed by atoms with van der Waals surface area (Å²) in [6, 6.07) is 3.93. The number of nitrogens with one attached hydrogen (secondary N) is 2. The van der Waals surface area contributed by atoms with Gasteiger partial charge >= 0.3 is 0 Å². The molecule has 1 aromatic rings. The lowest BCUT2D eigenvalue weighted by Crippen LogP contribution is -2.45. The summed E-state index contributed by atoms with van der Waals surface area (Å²) in [7, 11) is 0. The minimum Gasteiger partial charge on any atom is -0.325 e. The average molecular weight is 298 g/mol. The third-order valence-corrected chi connectivity index (χ3v) is 3.70. The second-order valence-corrected chi connectivity index (χ2v) is 5.46. The lowest BCUT2D eigenvalue weighted by atomic mass is 9.94. The van der Waals surface area contributed by atoms with Crippen LogP contribution in [0.4, 0.5) is 11.4 Å². The zero-order chi connectivity index (χ0) is 14.7. The molecule has 0 saturated carbocycles. The van der Waals surface area contributed by atoms with Crippen LogP contribution in [0.2, 0.25) is 5.02 Å².